The van der Waals surface area contributed by atoms with Crippen molar-refractivity contribution in [1.29, 1.82) is 0 Å². The standard InChI is InChI=1S/C23H37NO3/c1-2-3-4-5-6-7-8-9-10-11-12-13-20-27-22-17-15-19-24-21(22)16-14-18-23(25)26/h14-17,19H,2-13,18,20H2,1H3,(H,25,26). The number of pyridine rings is 1. The van der Waals surface area contributed by atoms with Gasteiger partial charge in [0.1, 0.15) is 11.4 Å². The van der Waals surface area contributed by atoms with Crippen LogP contribution in [-0.4, -0.2) is 22.7 Å². The maximum Gasteiger partial charge on any atom is 0.307 e. The van der Waals surface area contributed by atoms with Crippen molar-refractivity contribution >= 4 is 12.0 Å². The van der Waals surface area contributed by atoms with Crippen molar-refractivity contribution < 1.29 is 14.6 Å². The first kappa shape index (κ1) is 23.2. The van der Waals surface area contributed by atoms with Crippen LogP contribution in [0.15, 0.2) is 24.4 Å². The van der Waals surface area contributed by atoms with Gasteiger partial charge in [-0.15, -0.1) is 0 Å². The summed E-state index contributed by atoms with van der Waals surface area (Å²) in [6, 6.07) is 3.72. The van der Waals surface area contributed by atoms with Gasteiger partial charge in [-0.2, -0.15) is 0 Å². The maximum atomic E-state index is 10.6. The van der Waals surface area contributed by atoms with Gasteiger partial charge in [0, 0.05) is 6.20 Å². The van der Waals surface area contributed by atoms with Crippen molar-refractivity contribution in [2.45, 2.75) is 90.4 Å². The van der Waals surface area contributed by atoms with Crippen molar-refractivity contribution in [3.8, 4) is 5.75 Å². The highest BCUT2D eigenvalue weighted by Crippen LogP contribution is 2.18. The highest BCUT2D eigenvalue weighted by atomic mass is 16.5. The predicted molar refractivity (Wildman–Crippen MR) is 112 cm³/mol. The average Bonchev–Trinajstić information content (AvgIpc) is 2.66. The molecule has 0 aliphatic heterocycles. The van der Waals surface area contributed by atoms with Crippen molar-refractivity contribution in [3.05, 3.63) is 30.1 Å². The van der Waals surface area contributed by atoms with Gasteiger partial charge in [-0.25, -0.2) is 0 Å². The van der Waals surface area contributed by atoms with Crippen LogP contribution in [0.25, 0.3) is 6.08 Å². The Morgan fingerprint density at radius 2 is 1.59 bits per heavy atom. The molecule has 1 aromatic heterocycles. The Labute approximate surface area is 165 Å². The number of hydrogen-bond acceptors (Lipinski definition) is 3. The number of ether oxygens (including phenoxy) is 1. The summed E-state index contributed by atoms with van der Waals surface area (Å²) < 4.78 is 5.83. The highest BCUT2D eigenvalue weighted by molar-refractivity contribution is 5.70. The number of hydrogen-bond donors (Lipinski definition) is 1. The smallest absolute Gasteiger partial charge is 0.307 e. The number of aromatic nitrogens is 1. The molecule has 1 N–H and O–H groups in total. The van der Waals surface area contributed by atoms with Crippen LogP contribution in [0.4, 0.5) is 0 Å². The molecule has 0 spiro atoms. The fraction of sp³-hybridized carbons (Fsp3) is 0.652. The van der Waals surface area contributed by atoms with Crippen LogP contribution in [0.3, 0.4) is 0 Å². The molecule has 0 aliphatic rings. The summed E-state index contributed by atoms with van der Waals surface area (Å²) in [7, 11) is 0. The molecule has 0 unspecified atom stereocenters. The van der Waals surface area contributed by atoms with E-state index in [9.17, 15) is 4.79 Å². The van der Waals surface area contributed by atoms with Crippen molar-refractivity contribution in [3.63, 3.8) is 0 Å². The van der Waals surface area contributed by atoms with Gasteiger partial charge in [-0.1, -0.05) is 83.6 Å². The normalized spacial score (nSPS) is 11.1. The molecule has 0 aromatic carbocycles. The molecule has 0 aliphatic carbocycles. The molecule has 0 saturated heterocycles. The Kier molecular flexibility index (Phi) is 14.0. The second-order valence-electron chi connectivity index (χ2n) is 7.12. The number of carboxylic acids is 1. The van der Waals surface area contributed by atoms with Crippen molar-refractivity contribution in [2.24, 2.45) is 0 Å². The Morgan fingerprint density at radius 3 is 2.19 bits per heavy atom. The van der Waals surface area contributed by atoms with Gasteiger partial charge in [0.2, 0.25) is 0 Å². The van der Waals surface area contributed by atoms with E-state index in [2.05, 4.69) is 11.9 Å². The van der Waals surface area contributed by atoms with E-state index >= 15 is 0 Å². The first-order valence-corrected chi connectivity index (χ1v) is 10.7. The molecule has 0 bridgehead atoms. The first-order valence-electron chi connectivity index (χ1n) is 10.7. The second kappa shape index (κ2) is 16.3. The predicted octanol–water partition coefficient (Wildman–Crippen LogP) is 6.65. The Morgan fingerprint density at radius 1 is 1.00 bits per heavy atom. The van der Waals surface area contributed by atoms with Gasteiger partial charge in [-0.3, -0.25) is 9.78 Å². The number of carbonyl (C=O) groups is 1. The van der Waals surface area contributed by atoms with Crippen molar-refractivity contribution in [2.75, 3.05) is 6.61 Å². The van der Waals surface area contributed by atoms with E-state index in [1.54, 1.807) is 18.3 Å². The van der Waals surface area contributed by atoms with Crippen LogP contribution >= 0.6 is 0 Å². The van der Waals surface area contributed by atoms with E-state index in [0.717, 1.165) is 12.2 Å². The molecule has 0 saturated carbocycles. The summed E-state index contributed by atoms with van der Waals surface area (Å²) in [5.74, 6) is -0.122. The summed E-state index contributed by atoms with van der Waals surface area (Å²) in [4.78, 5) is 14.8. The zero-order valence-electron chi connectivity index (χ0n) is 17.0. The molecule has 1 aromatic rings. The summed E-state index contributed by atoms with van der Waals surface area (Å²) in [5.41, 5.74) is 0.692. The number of carboxylic acid groups (broad SMARTS) is 1. The zero-order valence-corrected chi connectivity index (χ0v) is 17.0. The van der Waals surface area contributed by atoms with Gasteiger partial charge in [0.15, 0.2) is 0 Å². The summed E-state index contributed by atoms with van der Waals surface area (Å²) in [6.07, 6.45) is 20.9. The maximum absolute atomic E-state index is 10.6. The molecule has 1 heterocycles. The summed E-state index contributed by atoms with van der Waals surface area (Å²) in [6.45, 7) is 2.95. The van der Waals surface area contributed by atoms with Crippen LogP contribution in [-0.2, 0) is 4.79 Å². The number of nitrogens with zero attached hydrogens (tertiary/aromatic N) is 1. The molecule has 0 amide bonds. The highest BCUT2D eigenvalue weighted by Gasteiger charge is 2.02. The minimum Gasteiger partial charge on any atom is -0.491 e. The fourth-order valence-corrected chi connectivity index (χ4v) is 3.05. The lowest BCUT2D eigenvalue weighted by Gasteiger charge is -2.08. The second-order valence-corrected chi connectivity index (χ2v) is 7.12. The largest absolute Gasteiger partial charge is 0.491 e. The molecule has 4 nitrogen and oxygen atoms in total. The topological polar surface area (TPSA) is 59.4 Å². The number of aliphatic carboxylic acids is 1. The van der Waals surface area contributed by atoms with Crippen LogP contribution in [0.5, 0.6) is 5.75 Å². The quantitative estimate of drug-likeness (QED) is 0.310. The van der Waals surface area contributed by atoms with E-state index in [4.69, 9.17) is 9.84 Å². The third-order valence-electron chi connectivity index (χ3n) is 4.62. The molecule has 4 heteroatoms. The van der Waals surface area contributed by atoms with Crippen LogP contribution < -0.4 is 4.74 Å². The molecular formula is C23H37NO3. The lowest BCUT2D eigenvalue weighted by atomic mass is 10.1. The van der Waals surface area contributed by atoms with Crippen LogP contribution in [0, 0.1) is 0 Å². The van der Waals surface area contributed by atoms with E-state index in [0.29, 0.717) is 12.3 Å². The number of rotatable bonds is 17. The SMILES string of the molecule is CCCCCCCCCCCCCCOc1cccnc1C=CCC(=O)O. The van der Waals surface area contributed by atoms with E-state index in [1.807, 2.05) is 12.1 Å². The zero-order chi connectivity index (χ0) is 19.6. The van der Waals surface area contributed by atoms with E-state index < -0.39 is 5.97 Å². The molecule has 0 atom stereocenters. The third kappa shape index (κ3) is 13.0. The van der Waals surface area contributed by atoms with E-state index in [1.165, 1.54) is 70.6 Å². The third-order valence-corrected chi connectivity index (χ3v) is 4.62. The molecule has 152 valence electrons. The number of unbranched alkanes of at least 4 members (excludes halogenated alkanes) is 11. The van der Waals surface area contributed by atoms with Crippen LogP contribution in [0.2, 0.25) is 0 Å². The minimum absolute atomic E-state index is 0.00520. The Balaban J connectivity index is 2.04. The summed E-state index contributed by atoms with van der Waals surface area (Å²) in [5, 5.41) is 8.69. The molecule has 0 fully saturated rings. The van der Waals surface area contributed by atoms with E-state index in [-0.39, 0.29) is 6.42 Å². The van der Waals surface area contributed by atoms with Crippen LogP contribution in [0.1, 0.15) is 96.1 Å². The lowest BCUT2D eigenvalue weighted by Crippen LogP contribution is -2.00. The Hall–Kier alpha value is -1.84. The van der Waals surface area contributed by atoms with Gasteiger partial charge >= 0.3 is 5.97 Å². The monoisotopic (exact) mass is 375 g/mol. The fourth-order valence-electron chi connectivity index (χ4n) is 3.05. The minimum atomic E-state index is -0.846. The van der Waals surface area contributed by atoms with Gasteiger partial charge in [-0.05, 0) is 24.6 Å². The molecule has 27 heavy (non-hydrogen) atoms. The van der Waals surface area contributed by atoms with Crippen molar-refractivity contribution in [1.82, 2.24) is 4.98 Å². The average molecular weight is 376 g/mol. The van der Waals surface area contributed by atoms with Gasteiger partial charge < -0.3 is 9.84 Å². The summed E-state index contributed by atoms with van der Waals surface area (Å²) >= 11 is 0. The molecular weight excluding hydrogens is 338 g/mol. The van der Waals surface area contributed by atoms with Gasteiger partial charge in [0.25, 0.3) is 0 Å². The molecule has 0 radical (unpaired) electrons. The lowest BCUT2D eigenvalue weighted by molar-refractivity contribution is -0.135. The first-order chi connectivity index (χ1) is 13.2. The Bertz CT molecular complexity index is 528. The van der Waals surface area contributed by atoms with Gasteiger partial charge in [0.05, 0.1) is 13.0 Å². The molecule has 1 rings (SSSR count).